The third kappa shape index (κ3) is 2.16. The first kappa shape index (κ1) is 12.3. The van der Waals surface area contributed by atoms with E-state index in [1.165, 1.54) is 12.8 Å². The number of hydrogen-bond donors (Lipinski definition) is 0. The van der Waals surface area contributed by atoms with Crippen LogP contribution in [0.1, 0.15) is 37.3 Å². The molecule has 1 aliphatic rings. The molecule has 6 nitrogen and oxygen atoms in total. The lowest BCUT2D eigenvalue weighted by Gasteiger charge is -2.23. The normalized spacial score (nSPS) is 18.1. The van der Waals surface area contributed by atoms with E-state index in [4.69, 9.17) is 0 Å². The summed E-state index contributed by atoms with van der Waals surface area (Å²) in [6.45, 7) is 6.50. The van der Waals surface area contributed by atoms with Crippen molar-refractivity contribution in [2.45, 2.75) is 32.7 Å². The average Bonchev–Trinajstić information content (AvgIpc) is 3.08. The Balaban J connectivity index is 1.95. The molecule has 0 amide bonds. The highest BCUT2D eigenvalue weighted by molar-refractivity contribution is 5.27. The van der Waals surface area contributed by atoms with Crippen LogP contribution in [0, 0.1) is 6.92 Å². The summed E-state index contributed by atoms with van der Waals surface area (Å²) >= 11 is 0. The lowest BCUT2D eigenvalue weighted by molar-refractivity contribution is 0.250. The van der Waals surface area contributed by atoms with Crippen LogP contribution in [0.4, 0.5) is 0 Å². The highest BCUT2D eigenvalue weighted by Crippen LogP contribution is 2.24. The first-order valence-corrected chi connectivity index (χ1v) is 6.82. The minimum absolute atomic E-state index is 0.292. The van der Waals surface area contributed by atoms with Gasteiger partial charge in [0.2, 0.25) is 0 Å². The zero-order chi connectivity index (χ0) is 13.4. The molecular weight excluding hydrogens is 240 g/mol. The molecule has 3 heterocycles. The van der Waals surface area contributed by atoms with Gasteiger partial charge in [0.25, 0.3) is 0 Å². The molecule has 1 unspecified atom stereocenters. The summed E-state index contributed by atoms with van der Waals surface area (Å²) < 4.78 is 3.92. The maximum atomic E-state index is 4.39. The molecular formula is C13H20N6. The molecule has 6 heteroatoms. The van der Waals surface area contributed by atoms with Gasteiger partial charge in [-0.2, -0.15) is 5.10 Å². The summed E-state index contributed by atoms with van der Waals surface area (Å²) in [5, 5.41) is 12.8. The van der Waals surface area contributed by atoms with Crippen LogP contribution in [0.3, 0.4) is 0 Å². The largest absolute Gasteiger partial charge is 0.294 e. The Morgan fingerprint density at radius 2 is 2.00 bits per heavy atom. The average molecular weight is 260 g/mol. The van der Waals surface area contributed by atoms with Crippen LogP contribution >= 0.6 is 0 Å². The summed E-state index contributed by atoms with van der Waals surface area (Å²) in [4.78, 5) is 2.46. The van der Waals surface area contributed by atoms with Crippen molar-refractivity contribution in [3.63, 3.8) is 0 Å². The van der Waals surface area contributed by atoms with Crippen LogP contribution in [0.5, 0.6) is 0 Å². The molecule has 2 aromatic rings. The van der Waals surface area contributed by atoms with Gasteiger partial charge in [0, 0.05) is 13.1 Å². The molecule has 0 N–H and O–H groups in total. The molecule has 19 heavy (non-hydrogen) atoms. The van der Waals surface area contributed by atoms with Crippen molar-refractivity contribution < 1.29 is 0 Å². The second-order valence-electron chi connectivity index (χ2n) is 5.25. The molecule has 2 aromatic heterocycles. The molecule has 102 valence electrons. The summed E-state index contributed by atoms with van der Waals surface area (Å²) in [5.74, 6) is 2.01. The van der Waals surface area contributed by atoms with E-state index < -0.39 is 0 Å². The fourth-order valence-corrected chi connectivity index (χ4v) is 2.82. The second kappa shape index (κ2) is 4.77. The van der Waals surface area contributed by atoms with Gasteiger partial charge in [0.1, 0.15) is 12.1 Å². The van der Waals surface area contributed by atoms with Gasteiger partial charge >= 0.3 is 0 Å². The van der Waals surface area contributed by atoms with Gasteiger partial charge in [0.15, 0.2) is 5.82 Å². The molecule has 3 rings (SSSR count). The third-order valence-electron chi connectivity index (χ3n) is 3.86. The third-order valence-corrected chi connectivity index (χ3v) is 3.86. The van der Waals surface area contributed by atoms with Gasteiger partial charge in [-0.1, -0.05) is 0 Å². The minimum atomic E-state index is 0.292. The Hall–Kier alpha value is -1.69. The van der Waals surface area contributed by atoms with Gasteiger partial charge in [0.05, 0.1) is 11.7 Å². The zero-order valence-electron chi connectivity index (χ0n) is 11.7. The van der Waals surface area contributed by atoms with Crippen molar-refractivity contribution >= 4 is 0 Å². The van der Waals surface area contributed by atoms with E-state index >= 15 is 0 Å². The smallest absolute Gasteiger partial charge is 0.155 e. The van der Waals surface area contributed by atoms with Crippen molar-refractivity contribution in [3.8, 4) is 5.82 Å². The van der Waals surface area contributed by atoms with Crippen molar-refractivity contribution in [2.24, 2.45) is 7.05 Å². The van der Waals surface area contributed by atoms with Crippen LogP contribution in [0.2, 0.25) is 0 Å². The number of aromatic nitrogens is 5. The topological polar surface area (TPSA) is 51.8 Å². The van der Waals surface area contributed by atoms with Crippen molar-refractivity contribution in [1.82, 2.24) is 29.4 Å². The molecule has 1 fully saturated rings. The van der Waals surface area contributed by atoms with E-state index in [0.29, 0.717) is 6.04 Å². The standard InChI is InChI=1S/C13H20N6/c1-10-8-12(17(3)16-10)19-9-14-15-13(19)11(2)18-6-4-5-7-18/h8-9,11H,4-7H2,1-3H3. The predicted octanol–water partition coefficient (Wildman–Crippen LogP) is 1.47. The van der Waals surface area contributed by atoms with Gasteiger partial charge in [-0.05, 0) is 39.8 Å². The molecule has 1 aliphatic heterocycles. The maximum Gasteiger partial charge on any atom is 0.155 e. The zero-order valence-corrected chi connectivity index (χ0v) is 11.7. The Kier molecular flexibility index (Phi) is 3.10. The molecule has 0 aromatic carbocycles. The lowest BCUT2D eigenvalue weighted by Crippen LogP contribution is -2.26. The first-order chi connectivity index (χ1) is 9.16. The number of nitrogens with zero attached hydrogens (tertiary/aromatic N) is 6. The molecule has 1 saturated heterocycles. The van der Waals surface area contributed by atoms with Crippen molar-refractivity contribution in [1.29, 1.82) is 0 Å². The quantitative estimate of drug-likeness (QED) is 0.838. The molecule has 0 saturated carbocycles. The van der Waals surface area contributed by atoms with Crippen LogP contribution in [0.25, 0.3) is 5.82 Å². The molecule has 0 bridgehead atoms. The van der Waals surface area contributed by atoms with Crippen LogP contribution in [-0.2, 0) is 7.05 Å². The van der Waals surface area contributed by atoms with E-state index in [1.807, 2.05) is 23.2 Å². The summed E-state index contributed by atoms with van der Waals surface area (Å²) in [6, 6.07) is 2.35. The van der Waals surface area contributed by atoms with Gasteiger partial charge in [-0.25, -0.2) is 0 Å². The fraction of sp³-hybridized carbons (Fsp3) is 0.615. The summed E-state index contributed by atoms with van der Waals surface area (Å²) in [6.07, 6.45) is 4.34. The second-order valence-corrected chi connectivity index (χ2v) is 5.25. The van der Waals surface area contributed by atoms with E-state index in [1.54, 1.807) is 6.33 Å². The fourth-order valence-electron chi connectivity index (χ4n) is 2.82. The van der Waals surface area contributed by atoms with E-state index in [2.05, 4.69) is 33.2 Å². The Bertz CT molecular complexity index is 563. The number of aryl methyl sites for hydroxylation is 2. The van der Waals surface area contributed by atoms with E-state index in [-0.39, 0.29) is 0 Å². The molecule has 0 radical (unpaired) electrons. The maximum absolute atomic E-state index is 4.39. The first-order valence-electron chi connectivity index (χ1n) is 6.82. The summed E-state index contributed by atoms with van der Waals surface area (Å²) in [5.41, 5.74) is 1.01. The van der Waals surface area contributed by atoms with Crippen LogP contribution in [-0.4, -0.2) is 42.5 Å². The Morgan fingerprint density at radius 1 is 1.26 bits per heavy atom. The number of likely N-dealkylation sites (tertiary alicyclic amines) is 1. The van der Waals surface area contributed by atoms with Gasteiger partial charge < -0.3 is 0 Å². The van der Waals surface area contributed by atoms with Crippen molar-refractivity contribution in [3.05, 3.63) is 23.9 Å². The van der Waals surface area contributed by atoms with E-state index in [0.717, 1.165) is 30.4 Å². The van der Waals surface area contributed by atoms with Crippen LogP contribution < -0.4 is 0 Å². The summed E-state index contributed by atoms with van der Waals surface area (Å²) in [7, 11) is 1.95. The Morgan fingerprint density at radius 3 is 2.63 bits per heavy atom. The molecule has 0 spiro atoms. The van der Waals surface area contributed by atoms with Crippen molar-refractivity contribution in [2.75, 3.05) is 13.1 Å². The predicted molar refractivity (Wildman–Crippen MR) is 72.1 cm³/mol. The highest BCUT2D eigenvalue weighted by atomic mass is 15.4. The van der Waals surface area contributed by atoms with Gasteiger partial charge in [-0.15, -0.1) is 10.2 Å². The molecule has 0 aliphatic carbocycles. The number of hydrogen-bond acceptors (Lipinski definition) is 4. The van der Waals surface area contributed by atoms with Gasteiger partial charge in [-0.3, -0.25) is 14.1 Å². The van der Waals surface area contributed by atoms with Crippen LogP contribution in [0.15, 0.2) is 12.4 Å². The SMILES string of the molecule is Cc1cc(-n2cnnc2C(C)N2CCCC2)n(C)n1. The highest BCUT2D eigenvalue weighted by Gasteiger charge is 2.24. The number of rotatable bonds is 3. The van der Waals surface area contributed by atoms with E-state index in [9.17, 15) is 0 Å². The monoisotopic (exact) mass is 260 g/mol. The minimum Gasteiger partial charge on any atom is -0.294 e. The lowest BCUT2D eigenvalue weighted by atomic mass is 10.2. The molecule has 1 atom stereocenters. The Labute approximate surface area is 113 Å².